The molecule has 8 heteroatoms. The van der Waals surface area contributed by atoms with E-state index < -0.39 is 17.4 Å². The van der Waals surface area contributed by atoms with E-state index in [1.807, 2.05) is 0 Å². The molecule has 0 bridgehead atoms. The van der Waals surface area contributed by atoms with Crippen LogP contribution in [0.25, 0.3) is 0 Å². The fourth-order valence-electron chi connectivity index (χ4n) is 2.16. The predicted molar refractivity (Wildman–Crippen MR) is 85.1 cm³/mol. The van der Waals surface area contributed by atoms with Gasteiger partial charge in [-0.1, -0.05) is 39.1 Å². The molecule has 0 aliphatic carbocycles. The Kier molecular flexibility index (Phi) is 4.70. The lowest BCUT2D eigenvalue weighted by atomic mass is 9.90. The highest BCUT2D eigenvalue weighted by molar-refractivity contribution is 9.10. The molecule has 1 fully saturated rings. The zero-order chi connectivity index (χ0) is 15.8. The number of amides is 2. The molecule has 1 heterocycles. The van der Waals surface area contributed by atoms with Gasteiger partial charge in [-0.05, 0) is 25.5 Å². The molecule has 5 nitrogen and oxygen atoms in total. The molecule has 0 aromatic heterocycles. The summed E-state index contributed by atoms with van der Waals surface area (Å²) in [6, 6.07) is 2.83. The second kappa shape index (κ2) is 6.02. The number of benzene rings is 1. The van der Waals surface area contributed by atoms with Crippen molar-refractivity contribution < 1.29 is 14.7 Å². The van der Waals surface area contributed by atoms with Gasteiger partial charge in [-0.25, -0.2) is 4.79 Å². The van der Waals surface area contributed by atoms with Gasteiger partial charge in [0.15, 0.2) is 0 Å². The van der Waals surface area contributed by atoms with Crippen molar-refractivity contribution in [1.82, 2.24) is 4.90 Å². The number of halogens is 3. The van der Waals surface area contributed by atoms with Crippen molar-refractivity contribution in [1.29, 1.82) is 0 Å². The molecule has 0 radical (unpaired) electrons. The smallest absolute Gasteiger partial charge is 0.321 e. The third kappa shape index (κ3) is 3.44. The van der Waals surface area contributed by atoms with E-state index >= 15 is 0 Å². The summed E-state index contributed by atoms with van der Waals surface area (Å²) in [5, 5.41) is 12.4. The minimum Gasteiger partial charge on any atom is -0.481 e. The fourth-order valence-corrected chi connectivity index (χ4v) is 3.46. The van der Waals surface area contributed by atoms with Crippen molar-refractivity contribution in [3.63, 3.8) is 0 Å². The van der Waals surface area contributed by atoms with Crippen LogP contribution in [0.1, 0.15) is 13.3 Å². The molecular weight excluding hydrogens is 383 g/mol. The Labute approximate surface area is 140 Å². The lowest BCUT2D eigenvalue weighted by Crippen LogP contribution is -2.37. The maximum absolute atomic E-state index is 12.2. The number of carboxylic acid groups (broad SMARTS) is 1. The van der Waals surface area contributed by atoms with E-state index in [9.17, 15) is 14.7 Å². The summed E-state index contributed by atoms with van der Waals surface area (Å²) in [6.07, 6.45) is 0.414. The highest BCUT2D eigenvalue weighted by atomic mass is 79.9. The highest BCUT2D eigenvalue weighted by Crippen LogP contribution is 2.35. The van der Waals surface area contributed by atoms with Crippen molar-refractivity contribution >= 4 is 56.8 Å². The van der Waals surface area contributed by atoms with Crippen LogP contribution in [0.2, 0.25) is 10.0 Å². The first kappa shape index (κ1) is 16.4. The molecule has 2 rings (SSSR count). The topological polar surface area (TPSA) is 69.6 Å². The second-order valence-corrected chi connectivity index (χ2v) is 6.94. The van der Waals surface area contributed by atoms with Crippen molar-refractivity contribution in [3.05, 3.63) is 26.7 Å². The van der Waals surface area contributed by atoms with Crippen LogP contribution in [0.3, 0.4) is 0 Å². The third-order valence-corrected chi connectivity index (χ3v) is 4.57. The number of carbonyl (C=O) groups excluding carboxylic acids is 1. The Morgan fingerprint density at radius 2 is 1.95 bits per heavy atom. The molecular formula is C13H13BrCl2N2O3. The van der Waals surface area contributed by atoms with Crippen LogP contribution in [-0.2, 0) is 4.79 Å². The number of rotatable bonds is 2. The largest absolute Gasteiger partial charge is 0.481 e. The summed E-state index contributed by atoms with van der Waals surface area (Å²) < 4.78 is 0.704. The minimum atomic E-state index is -0.912. The third-order valence-electron chi connectivity index (χ3n) is 3.52. The number of carboxylic acids is 1. The predicted octanol–water partition coefficient (Wildman–Crippen LogP) is 4.08. The number of carbonyl (C=O) groups is 2. The summed E-state index contributed by atoms with van der Waals surface area (Å²) in [4.78, 5) is 24.8. The van der Waals surface area contributed by atoms with E-state index in [2.05, 4.69) is 21.2 Å². The van der Waals surface area contributed by atoms with Crippen LogP contribution in [-0.4, -0.2) is 35.1 Å². The molecule has 2 amide bonds. The first-order valence-corrected chi connectivity index (χ1v) is 7.72. The monoisotopic (exact) mass is 394 g/mol. The van der Waals surface area contributed by atoms with Crippen molar-refractivity contribution in [3.8, 4) is 0 Å². The van der Waals surface area contributed by atoms with Crippen LogP contribution in [0.4, 0.5) is 10.5 Å². The fraction of sp³-hybridized carbons (Fsp3) is 0.385. The summed E-state index contributed by atoms with van der Waals surface area (Å²) in [6.45, 7) is 2.16. The van der Waals surface area contributed by atoms with Crippen LogP contribution < -0.4 is 5.32 Å². The molecule has 1 saturated heterocycles. The molecule has 0 saturated carbocycles. The Balaban J connectivity index is 2.12. The zero-order valence-electron chi connectivity index (χ0n) is 11.1. The Bertz CT molecular complexity index is 588. The number of anilines is 1. The lowest BCUT2D eigenvalue weighted by Gasteiger charge is -2.21. The molecule has 0 spiro atoms. The van der Waals surface area contributed by atoms with Crippen molar-refractivity contribution in [2.75, 3.05) is 18.4 Å². The molecule has 1 unspecified atom stereocenters. The molecule has 2 N–H and O–H groups in total. The summed E-state index contributed by atoms with van der Waals surface area (Å²) in [5.41, 5.74) is -0.597. The van der Waals surface area contributed by atoms with Crippen molar-refractivity contribution in [2.24, 2.45) is 5.41 Å². The van der Waals surface area contributed by atoms with Crippen LogP contribution in [0.5, 0.6) is 0 Å². The quantitative estimate of drug-likeness (QED) is 0.792. The van der Waals surface area contributed by atoms with Gasteiger partial charge in [0.1, 0.15) is 0 Å². The molecule has 21 heavy (non-hydrogen) atoms. The molecule has 1 aliphatic heterocycles. The Morgan fingerprint density at radius 1 is 1.38 bits per heavy atom. The van der Waals surface area contributed by atoms with Gasteiger partial charge in [0.05, 0.1) is 21.1 Å². The van der Waals surface area contributed by atoms with Crippen LogP contribution in [0, 0.1) is 5.41 Å². The van der Waals surface area contributed by atoms with E-state index in [1.165, 1.54) is 4.90 Å². The summed E-state index contributed by atoms with van der Waals surface area (Å²) in [7, 11) is 0. The SMILES string of the molecule is CC1(C(=O)O)CCN(C(=O)Nc2c(Cl)cc(Br)cc2Cl)C1. The molecule has 1 aromatic rings. The standard InChI is InChI=1S/C13H13BrCl2N2O3/c1-13(11(19)20)2-3-18(6-13)12(21)17-10-8(15)4-7(14)5-9(10)16/h4-5H,2-3,6H2,1H3,(H,17,21)(H,19,20). The summed E-state index contributed by atoms with van der Waals surface area (Å²) in [5.74, 6) is -0.905. The Hall–Kier alpha value is -0.980. The van der Waals surface area contributed by atoms with Gasteiger partial charge in [-0.15, -0.1) is 0 Å². The number of hydrogen-bond acceptors (Lipinski definition) is 2. The first-order chi connectivity index (χ1) is 9.73. The van der Waals surface area contributed by atoms with Crippen molar-refractivity contribution in [2.45, 2.75) is 13.3 Å². The number of hydrogen-bond donors (Lipinski definition) is 2. The number of nitrogens with one attached hydrogen (secondary N) is 1. The van der Waals surface area contributed by atoms with E-state index in [0.717, 1.165) is 0 Å². The first-order valence-electron chi connectivity index (χ1n) is 6.17. The number of aliphatic carboxylic acids is 1. The maximum atomic E-state index is 12.2. The number of nitrogens with zero attached hydrogens (tertiary/aromatic N) is 1. The highest BCUT2D eigenvalue weighted by Gasteiger charge is 2.42. The van der Waals surface area contributed by atoms with Crippen LogP contribution in [0.15, 0.2) is 16.6 Å². The molecule has 114 valence electrons. The number of likely N-dealkylation sites (tertiary alicyclic amines) is 1. The van der Waals surface area contributed by atoms with Gasteiger partial charge < -0.3 is 15.3 Å². The van der Waals surface area contributed by atoms with Gasteiger partial charge in [-0.3, -0.25) is 4.79 Å². The average molecular weight is 396 g/mol. The van der Waals surface area contributed by atoms with E-state index in [4.69, 9.17) is 23.2 Å². The van der Waals surface area contributed by atoms with Crippen LogP contribution >= 0.6 is 39.1 Å². The molecule has 1 atom stereocenters. The Morgan fingerprint density at radius 3 is 2.43 bits per heavy atom. The van der Waals surface area contributed by atoms with Gasteiger partial charge in [0.25, 0.3) is 0 Å². The van der Waals surface area contributed by atoms with Gasteiger partial charge >= 0.3 is 12.0 Å². The lowest BCUT2D eigenvalue weighted by molar-refractivity contribution is -0.146. The normalized spacial score (nSPS) is 21.4. The second-order valence-electron chi connectivity index (χ2n) is 5.21. The number of urea groups is 1. The van der Waals surface area contributed by atoms with Gasteiger partial charge in [-0.2, -0.15) is 0 Å². The van der Waals surface area contributed by atoms with Gasteiger partial charge in [0.2, 0.25) is 0 Å². The van der Waals surface area contributed by atoms with E-state index in [-0.39, 0.29) is 6.54 Å². The zero-order valence-corrected chi connectivity index (χ0v) is 14.2. The van der Waals surface area contributed by atoms with E-state index in [0.29, 0.717) is 33.2 Å². The van der Waals surface area contributed by atoms with E-state index in [1.54, 1.807) is 19.1 Å². The summed E-state index contributed by atoms with van der Waals surface area (Å²) >= 11 is 15.4. The molecule has 1 aliphatic rings. The average Bonchev–Trinajstić information content (AvgIpc) is 2.78. The van der Waals surface area contributed by atoms with Gasteiger partial charge in [0, 0.05) is 17.6 Å². The minimum absolute atomic E-state index is 0.153. The molecule has 1 aromatic carbocycles. The maximum Gasteiger partial charge on any atom is 0.321 e.